The molecule has 0 saturated carbocycles. The van der Waals surface area contributed by atoms with Crippen LogP contribution in [0.3, 0.4) is 0 Å². The van der Waals surface area contributed by atoms with E-state index in [1.165, 1.54) is 0 Å². The maximum atomic E-state index is 6.38. The minimum atomic E-state index is -0.205. The van der Waals surface area contributed by atoms with Crippen LogP contribution in [0.2, 0.25) is 0 Å². The van der Waals surface area contributed by atoms with Gasteiger partial charge in [-0.05, 0) is 30.2 Å². The molecule has 2 atom stereocenters. The first kappa shape index (κ1) is 17.5. The van der Waals surface area contributed by atoms with Crippen LogP contribution in [0, 0.1) is 0 Å². The molecule has 0 amide bonds. The first-order chi connectivity index (χ1) is 12.2. The average Bonchev–Trinajstić information content (AvgIpc) is 2.66. The average molecular weight is 339 g/mol. The molecular formula is C21H25NO3. The SMILES string of the molecule is C=C(C)COc1ccccc1OC(c1ccccc1)C1CNCCO1. The van der Waals surface area contributed by atoms with Crippen molar-refractivity contribution >= 4 is 0 Å². The summed E-state index contributed by atoms with van der Waals surface area (Å²) in [5.41, 5.74) is 2.06. The standard InChI is InChI=1S/C21H25NO3/c1-16(2)15-24-18-10-6-7-11-19(18)25-21(17-8-4-3-5-9-17)20-14-22-12-13-23-20/h3-11,20-22H,1,12-15H2,2H3. The molecule has 132 valence electrons. The van der Waals surface area contributed by atoms with Gasteiger partial charge in [-0.15, -0.1) is 0 Å². The lowest BCUT2D eigenvalue weighted by molar-refractivity contribution is -0.0439. The van der Waals surface area contributed by atoms with Crippen LogP contribution in [-0.4, -0.2) is 32.4 Å². The summed E-state index contributed by atoms with van der Waals surface area (Å²) in [6.07, 6.45) is -0.256. The molecule has 0 radical (unpaired) electrons. The van der Waals surface area contributed by atoms with E-state index in [1.54, 1.807) is 0 Å². The summed E-state index contributed by atoms with van der Waals surface area (Å²) in [4.78, 5) is 0. The highest BCUT2D eigenvalue weighted by molar-refractivity contribution is 5.40. The molecule has 0 aliphatic carbocycles. The first-order valence-electron chi connectivity index (χ1n) is 8.64. The molecule has 2 unspecified atom stereocenters. The number of hydrogen-bond donors (Lipinski definition) is 1. The van der Waals surface area contributed by atoms with Crippen molar-refractivity contribution in [1.29, 1.82) is 0 Å². The Morgan fingerprint density at radius 2 is 1.88 bits per heavy atom. The molecule has 25 heavy (non-hydrogen) atoms. The van der Waals surface area contributed by atoms with Crippen LogP contribution >= 0.6 is 0 Å². The fraction of sp³-hybridized carbons (Fsp3) is 0.333. The van der Waals surface area contributed by atoms with E-state index in [0.717, 1.165) is 30.0 Å². The summed E-state index contributed by atoms with van der Waals surface area (Å²) < 4.78 is 18.2. The number of ether oxygens (including phenoxy) is 3. The molecule has 3 rings (SSSR count). The number of nitrogens with one attached hydrogen (secondary N) is 1. The van der Waals surface area contributed by atoms with Gasteiger partial charge >= 0.3 is 0 Å². The molecule has 1 aliphatic heterocycles. The second-order valence-electron chi connectivity index (χ2n) is 6.26. The predicted molar refractivity (Wildman–Crippen MR) is 99.2 cm³/mol. The zero-order valence-electron chi connectivity index (χ0n) is 14.6. The number of morpholine rings is 1. The first-order valence-corrected chi connectivity index (χ1v) is 8.64. The molecule has 0 spiro atoms. The van der Waals surface area contributed by atoms with Gasteiger partial charge < -0.3 is 19.5 Å². The van der Waals surface area contributed by atoms with E-state index in [1.807, 2.05) is 49.4 Å². The van der Waals surface area contributed by atoms with Crippen LogP contribution in [0.5, 0.6) is 11.5 Å². The van der Waals surface area contributed by atoms with Crippen LogP contribution in [0.4, 0.5) is 0 Å². The number of para-hydroxylation sites is 2. The zero-order chi connectivity index (χ0) is 17.5. The molecule has 1 heterocycles. The highest BCUT2D eigenvalue weighted by Crippen LogP contribution is 2.33. The van der Waals surface area contributed by atoms with Crippen molar-refractivity contribution in [2.45, 2.75) is 19.1 Å². The lowest BCUT2D eigenvalue weighted by atomic mass is 10.0. The topological polar surface area (TPSA) is 39.7 Å². The van der Waals surface area contributed by atoms with E-state index < -0.39 is 0 Å². The van der Waals surface area contributed by atoms with Gasteiger partial charge in [0.25, 0.3) is 0 Å². The Hall–Kier alpha value is -2.30. The normalized spacial score (nSPS) is 18.4. The molecule has 0 aromatic heterocycles. The second kappa shape index (κ2) is 8.70. The molecule has 4 heteroatoms. The van der Waals surface area contributed by atoms with Crippen LogP contribution in [-0.2, 0) is 4.74 Å². The van der Waals surface area contributed by atoms with Crippen molar-refractivity contribution in [3.8, 4) is 11.5 Å². The van der Waals surface area contributed by atoms with Crippen molar-refractivity contribution in [1.82, 2.24) is 5.32 Å². The summed E-state index contributed by atoms with van der Waals surface area (Å²) in [5, 5.41) is 3.38. The minimum Gasteiger partial charge on any atom is -0.485 e. The summed E-state index contributed by atoms with van der Waals surface area (Å²) in [6, 6.07) is 17.9. The monoisotopic (exact) mass is 339 g/mol. The Bertz CT molecular complexity index is 681. The van der Waals surface area contributed by atoms with E-state index in [-0.39, 0.29) is 12.2 Å². The maximum absolute atomic E-state index is 6.38. The van der Waals surface area contributed by atoms with Crippen molar-refractivity contribution in [2.24, 2.45) is 0 Å². The predicted octanol–water partition coefficient (Wildman–Crippen LogP) is 3.75. The second-order valence-corrected chi connectivity index (χ2v) is 6.26. The third-order valence-corrected chi connectivity index (χ3v) is 4.00. The quantitative estimate of drug-likeness (QED) is 0.780. The molecule has 1 saturated heterocycles. The molecule has 4 nitrogen and oxygen atoms in total. The Morgan fingerprint density at radius 3 is 2.56 bits per heavy atom. The number of benzene rings is 2. The van der Waals surface area contributed by atoms with Gasteiger partial charge in [0, 0.05) is 13.1 Å². The van der Waals surface area contributed by atoms with Crippen molar-refractivity contribution in [2.75, 3.05) is 26.3 Å². The van der Waals surface area contributed by atoms with Crippen LogP contribution in [0.1, 0.15) is 18.6 Å². The Kier molecular flexibility index (Phi) is 6.09. The molecule has 1 fully saturated rings. The fourth-order valence-corrected chi connectivity index (χ4v) is 2.79. The Balaban J connectivity index is 1.84. The van der Waals surface area contributed by atoms with Crippen LogP contribution < -0.4 is 14.8 Å². The third-order valence-electron chi connectivity index (χ3n) is 4.00. The van der Waals surface area contributed by atoms with Crippen LogP contribution in [0.25, 0.3) is 0 Å². The fourth-order valence-electron chi connectivity index (χ4n) is 2.79. The van der Waals surface area contributed by atoms with Gasteiger partial charge in [0.05, 0.1) is 6.61 Å². The smallest absolute Gasteiger partial charge is 0.162 e. The highest BCUT2D eigenvalue weighted by atomic mass is 16.6. The molecule has 2 aromatic carbocycles. The lowest BCUT2D eigenvalue weighted by Gasteiger charge is -2.32. The molecule has 0 bridgehead atoms. The highest BCUT2D eigenvalue weighted by Gasteiger charge is 2.28. The minimum absolute atomic E-state index is 0.0506. The van der Waals surface area contributed by atoms with Gasteiger partial charge in [0.2, 0.25) is 0 Å². The van der Waals surface area contributed by atoms with E-state index in [2.05, 4.69) is 24.0 Å². The van der Waals surface area contributed by atoms with Gasteiger partial charge in [-0.25, -0.2) is 0 Å². The molecule has 1 N–H and O–H groups in total. The van der Waals surface area contributed by atoms with Gasteiger partial charge in [0.15, 0.2) is 17.6 Å². The number of hydrogen-bond acceptors (Lipinski definition) is 4. The largest absolute Gasteiger partial charge is 0.485 e. The summed E-state index contributed by atoms with van der Waals surface area (Å²) in [6.45, 7) is 8.62. The number of rotatable bonds is 7. The maximum Gasteiger partial charge on any atom is 0.162 e. The van der Waals surface area contributed by atoms with Crippen molar-refractivity contribution < 1.29 is 14.2 Å². The van der Waals surface area contributed by atoms with Gasteiger partial charge in [-0.1, -0.05) is 49.0 Å². The summed E-state index contributed by atoms with van der Waals surface area (Å²) >= 11 is 0. The van der Waals surface area contributed by atoms with Gasteiger partial charge in [-0.3, -0.25) is 0 Å². The van der Waals surface area contributed by atoms with E-state index in [0.29, 0.717) is 19.0 Å². The molecular weight excluding hydrogens is 314 g/mol. The van der Waals surface area contributed by atoms with Gasteiger partial charge in [-0.2, -0.15) is 0 Å². The lowest BCUT2D eigenvalue weighted by Crippen LogP contribution is -2.43. The Labute approximate surface area is 149 Å². The summed E-state index contributed by atoms with van der Waals surface area (Å²) in [7, 11) is 0. The van der Waals surface area contributed by atoms with Crippen LogP contribution in [0.15, 0.2) is 66.7 Å². The van der Waals surface area contributed by atoms with E-state index in [9.17, 15) is 0 Å². The Morgan fingerprint density at radius 1 is 1.16 bits per heavy atom. The van der Waals surface area contributed by atoms with Gasteiger partial charge in [0.1, 0.15) is 12.7 Å². The zero-order valence-corrected chi connectivity index (χ0v) is 14.6. The summed E-state index contributed by atoms with van der Waals surface area (Å²) in [5.74, 6) is 1.43. The van der Waals surface area contributed by atoms with Crippen molar-refractivity contribution in [3.63, 3.8) is 0 Å². The third kappa shape index (κ3) is 4.84. The molecule has 1 aliphatic rings. The molecule has 2 aromatic rings. The van der Waals surface area contributed by atoms with E-state index in [4.69, 9.17) is 14.2 Å². The van der Waals surface area contributed by atoms with Crippen molar-refractivity contribution in [3.05, 3.63) is 72.3 Å². The van der Waals surface area contributed by atoms with E-state index >= 15 is 0 Å².